The molecule has 0 aromatic heterocycles. The van der Waals surface area contributed by atoms with Gasteiger partial charge in [-0.25, -0.2) is 0 Å². The molecule has 102 valence electrons. The van der Waals surface area contributed by atoms with Crippen molar-refractivity contribution in [1.29, 1.82) is 5.26 Å². The number of nitrogens with zero attached hydrogens (tertiary/aromatic N) is 1. The Bertz CT molecular complexity index is 263. The van der Waals surface area contributed by atoms with Crippen LogP contribution < -0.4 is 0 Å². The fourth-order valence-corrected chi connectivity index (χ4v) is 3.59. The van der Waals surface area contributed by atoms with Gasteiger partial charge in [0.15, 0.2) is 0 Å². The topological polar surface area (TPSA) is 23.8 Å². The number of rotatable bonds is 0. The minimum atomic E-state index is 1.01. The highest BCUT2D eigenvalue weighted by molar-refractivity contribution is 4.93. The molecule has 2 rings (SSSR count). The molecule has 18 heavy (non-hydrogen) atoms. The normalized spacial score (nSPS) is 32.3. The summed E-state index contributed by atoms with van der Waals surface area (Å²) in [5.41, 5.74) is 0. The van der Waals surface area contributed by atoms with Crippen molar-refractivity contribution in [2.75, 3.05) is 0 Å². The molecule has 2 fully saturated rings. The van der Waals surface area contributed by atoms with E-state index >= 15 is 0 Å². The SMILES string of the molecule is C=CC#N.CC1CCCCCC2CCCC2CC1. The number of allylic oxidation sites excluding steroid dienone is 1. The minimum absolute atomic E-state index is 1.01. The largest absolute Gasteiger partial charge is 0.193 e. The molecular weight excluding hydrogens is 218 g/mol. The first-order chi connectivity index (χ1) is 8.77. The fourth-order valence-electron chi connectivity index (χ4n) is 3.59. The maximum atomic E-state index is 7.51. The second-order valence-corrected chi connectivity index (χ2v) is 6.10. The Morgan fingerprint density at radius 1 is 0.889 bits per heavy atom. The number of hydrogen-bond acceptors (Lipinski definition) is 1. The average molecular weight is 247 g/mol. The Morgan fingerprint density at radius 2 is 1.44 bits per heavy atom. The number of fused-ring (bicyclic) bond motifs is 1. The summed E-state index contributed by atoms with van der Waals surface area (Å²) in [6.45, 7) is 5.58. The van der Waals surface area contributed by atoms with Gasteiger partial charge in [0.1, 0.15) is 0 Å². The molecule has 0 radical (unpaired) electrons. The van der Waals surface area contributed by atoms with E-state index in [9.17, 15) is 0 Å². The molecule has 2 aliphatic rings. The smallest absolute Gasteiger partial charge is 0.0905 e. The molecule has 0 saturated heterocycles. The predicted molar refractivity (Wildman–Crippen MR) is 78.1 cm³/mol. The van der Waals surface area contributed by atoms with Crippen molar-refractivity contribution in [3.8, 4) is 6.07 Å². The van der Waals surface area contributed by atoms with Gasteiger partial charge in [0.05, 0.1) is 6.07 Å². The summed E-state index contributed by atoms with van der Waals surface area (Å²) in [4.78, 5) is 0. The lowest BCUT2D eigenvalue weighted by Crippen LogP contribution is -2.11. The zero-order valence-electron chi connectivity index (χ0n) is 12.0. The summed E-state index contributed by atoms with van der Waals surface area (Å²) in [5.74, 6) is 3.25. The van der Waals surface area contributed by atoms with Gasteiger partial charge in [-0.1, -0.05) is 71.3 Å². The minimum Gasteiger partial charge on any atom is -0.193 e. The zero-order chi connectivity index (χ0) is 13.2. The van der Waals surface area contributed by atoms with Crippen LogP contribution in [0.5, 0.6) is 0 Å². The van der Waals surface area contributed by atoms with Crippen molar-refractivity contribution < 1.29 is 0 Å². The van der Waals surface area contributed by atoms with Crippen LogP contribution >= 0.6 is 0 Å². The molecule has 1 nitrogen and oxygen atoms in total. The first kappa shape index (κ1) is 15.3. The predicted octanol–water partition coefficient (Wildman–Crippen LogP) is 5.48. The van der Waals surface area contributed by atoms with Gasteiger partial charge in [-0.05, 0) is 24.2 Å². The molecule has 0 amide bonds. The van der Waals surface area contributed by atoms with Crippen molar-refractivity contribution in [3.63, 3.8) is 0 Å². The maximum absolute atomic E-state index is 7.51. The first-order valence-electron chi connectivity index (χ1n) is 7.78. The Hall–Kier alpha value is -0.770. The standard InChI is InChI=1S/C14H26.C3H3N/c1-12-6-3-2-4-7-13-8-5-9-14(13)11-10-12;1-2-3-4/h12-14H,2-11H2,1H3;2H,1H2. The molecule has 1 heteroatoms. The number of hydrogen-bond donors (Lipinski definition) is 0. The lowest BCUT2D eigenvalue weighted by Gasteiger charge is -2.23. The van der Waals surface area contributed by atoms with Gasteiger partial charge in [0.2, 0.25) is 0 Å². The first-order valence-corrected chi connectivity index (χ1v) is 7.78. The molecule has 3 unspecified atom stereocenters. The summed E-state index contributed by atoms with van der Waals surface area (Å²) in [5, 5.41) is 7.51. The summed E-state index contributed by atoms with van der Waals surface area (Å²) in [7, 11) is 0. The second-order valence-electron chi connectivity index (χ2n) is 6.10. The highest BCUT2D eigenvalue weighted by atomic mass is 14.3. The summed E-state index contributed by atoms with van der Waals surface area (Å²) in [6, 6.07) is 1.69. The van der Waals surface area contributed by atoms with Gasteiger partial charge in [-0.2, -0.15) is 5.26 Å². The van der Waals surface area contributed by atoms with Gasteiger partial charge < -0.3 is 0 Å². The van der Waals surface area contributed by atoms with Crippen molar-refractivity contribution >= 4 is 0 Å². The van der Waals surface area contributed by atoms with E-state index in [-0.39, 0.29) is 0 Å². The van der Waals surface area contributed by atoms with E-state index in [4.69, 9.17) is 5.26 Å². The summed E-state index contributed by atoms with van der Waals surface area (Å²) < 4.78 is 0. The molecule has 2 aliphatic carbocycles. The Balaban J connectivity index is 0.000000357. The van der Waals surface area contributed by atoms with Gasteiger partial charge >= 0.3 is 0 Å². The van der Waals surface area contributed by atoms with Crippen LogP contribution in [0.3, 0.4) is 0 Å². The van der Waals surface area contributed by atoms with Gasteiger partial charge in [0, 0.05) is 6.08 Å². The van der Waals surface area contributed by atoms with Crippen LogP contribution in [0.25, 0.3) is 0 Å². The lowest BCUT2D eigenvalue weighted by atomic mass is 9.83. The molecule has 0 heterocycles. The summed E-state index contributed by atoms with van der Waals surface area (Å²) in [6.07, 6.45) is 16.5. The van der Waals surface area contributed by atoms with Crippen molar-refractivity contribution in [1.82, 2.24) is 0 Å². The molecule has 0 aliphatic heterocycles. The highest BCUT2D eigenvalue weighted by Gasteiger charge is 2.27. The molecule has 0 aromatic rings. The zero-order valence-corrected chi connectivity index (χ0v) is 12.0. The Morgan fingerprint density at radius 3 is 2.11 bits per heavy atom. The van der Waals surface area contributed by atoms with Crippen LogP contribution in [-0.4, -0.2) is 0 Å². The molecule has 0 aromatic carbocycles. The lowest BCUT2D eigenvalue weighted by molar-refractivity contribution is 0.287. The molecule has 0 N–H and O–H groups in total. The van der Waals surface area contributed by atoms with Crippen molar-refractivity contribution in [2.45, 2.75) is 71.1 Å². The van der Waals surface area contributed by atoms with E-state index in [1.807, 2.05) is 0 Å². The molecule has 0 bridgehead atoms. The van der Waals surface area contributed by atoms with Crippen molar-refractivity contribution in [2.24, 2.45) is 17.8 Å². The third kappa shape index (κ3) is 5.71. The van der Waals surface area contributed by atoms with E-state index in [2.05, 4.69) is 13.5 Å². The highest BCUT2D eigenvalue weighted by Crippen LogP contribution is 2.39. The van der Waals surface area contributed by atoms with E-state index in [0.717, 1.165) is 17.8 Å². The van der Waals surface area contributed by atoms with Crippen LogP contribution in [0.15, 0.2) is 12.7 Å². The van der Waals surface area contributed by atoms with Gasteiger partial charge in [-0.3, -0.25) is 0 Å². The molecule has 0 spiro atoms. The number of nitriles is 1. The van der Waals surface area contributed by atoms with Crippen LogP contribution in [-0.2, 0) is 0 Å². The van der Waals surface area contributed by atoms with Crippen LogP contribution in [0.1, 0.15) is 71.1 Å². The van der Waals surface area contributed by atoms with Crippen molar-refractivity contribution in [3.05, 3.63) is 12.7 Å². The van der Waals surface area contributed by atoms with E-state index in [1.54, 1.807) is 31.8 Å². The second kappa shape index (κ2) is 9.20. The quantitative estimate of drug-likeness (QED) is 0.520. The van der Waals surface area contributed by atoms with Gasteiger partial charge in [0.25, 0.3) is 0 Å². The third-order valence-corrected chi connectivity index (χ3v) is 4.71. The maximum Gasteiger partial charge on any atom is 0.0905 e. The van der Waals surface area contributed by atoms with E-state index in [0.29, 0.717) is 0 Å². The average Bonchev–Trinajstić information content (AvgIpc) is 2.84. The Labute approximate surface area is 113 Å². The third-order valence-electron chi connectivity index (χ3n) is 4.71. The summed E-state index contributed by atoms with van der Waals surface area (Å²) >= 11 is 0. The van der Waals surface area contributed by atoms with E-state index in [1.165, 1.54) is 44.6 Å². The molecular formula is C17H29N. The van der Waals surface area contributed by atoms with Gasteiger partial charge in [-0.15, -0.1) is 0 Å². The molecule has 2 saturated carbocycles. The fraction of sp³-hybridized carbons (Fsp3) is 0.824. The van der Waals surface area contributed by atoms with E-state index < -0.39 is 0 Å². The van der Waals surface area contributed by atoms with Crippen LogP contribution in [0.4, 0.5) is 0 Å². The Kier molecular flexibility index (Phi) is 7.81. The molecule has 3 atom stereocenters. The monoisotopic (exact) mass is 247 g/mol. The van der Waals surface area contributed by atoms with Crippen LogP contribution in [0.2, 0.25) is 0 Å². The van der Waals surface area contributed by atoms with Crippen LogP contribution in [0, 0.1) is 29.1 Å².